The van der Waals surface area contributed by atoms with E-state index in [4.69, 9.17) is 22.7 Å². The van der Waals surface area contributed by atoms with Gasteiger partial charge >= 0.3 is 0 Å². The normalized spacial score (nSPS) is 10.0. The van der Waals surface area contributed by atoms with Crippen molar-refractivity contribution < 1.29 is 4.74 Å². The van der Waals surface area contributed by atoms with Crippen LogP contribution in [0.3, 0.4) is 0 Å². The van der Waals surface area contributed by atoms with Crippen LogP contribution in [0.1, 0.15) is 26.7 Å². The molecule has 0 aliphatic rings. The highest BCUT2D eigenvalue weighted by molar-refractivity contribution is 7.80. The van der Waals surface area contributed by atoms with Crippen LogP contribution >= 0.6 is 12.2 Å². The highest BCUT2D eigenvalue weighted by Crippen LogP contribution is 1.97. The molecule has 0 unspecified atom stereocenters. The Bertz CT molecular complexity index is 104. The minimum Gasteiger partial charge on any atom is -0.484 e. The van der Waals surface area contributed by atoms with Crippen LogP contribution in [0.2, 0.25) is 0 Å². The first-order chi connectivity index (χ1) is 4.66. The van der Waals surface area contributed by atoms with E-state index in [0.29, 0.717) is 11.6 Å². The first-order valence-electron chi connectivity index (χ1n) is 3.56. The summed E-state index contributed by atoms with van der Waals surface area (Å²) in [6.07, 6.45) is 1.93. The molecule has 0 radical (unpaired) electrons. The van der Waals surface area contributed by atoms with Gasteiger partial charge in [-0.05, 0) is 39.0 Å². The average Bonchev–Trinajstić information content (AvgIpc) is 1.82. The van der Waals surface area contributed by atoms with Gasteiger partial charge in [-0.25, -0.2) is 0 Å². The third-order valence-corrected chi connectivity index (χ3v) is 1.25. The zero-order valence-corrected chi connectivity index (χ0v) is 7.41. The molecule has 0 aliphatic carbocycles. The summed E-state index contributed by atoms with van der Waals surface area (Å²) in [5.41, 5.74) is 5.29. The Hall–Kier alpha value is -0.150. The van der Waals surface area contributed by atoms with Crippen molar-refractivity contribution in [3.63, 3.8) is 0 Å². The zero-order valence-electron chi connectivity index (χ0n) is 6.59. The number of thiocarbonyl (C=S) groups is 1. The Balaban J connectivity index is 3.26. The maximum atomic E-state index is 5.29. The van der Waals surface area contributed by atoms with Crippen LogP contribution in [0.5, 0.6) is 0 Å². The van der Waals surface area contributed by atoms with E-state index < -0.39 is 0 Å². The minimum absolute atomic E-state index is 0.199. The Kier molecular flexibility index (Phi) is 5.54. The lowest BCUT2D eigenvalue weighted by molar-refractivity contribution is 0.228. The Morgan fingerprint density at radius 2 is 2.20 bits per heavy atom. The van der Waals surface area contributed by atoms with Gasteiger partial charge in [-0.3, -0.25) is 0 Å². The second kappa shape index (κ2) is 5.62. The first-order valence-corrected chi connectivity index (χ1v) is 3.97. The van der Waals surface area contributed by atoms with E-state index >= 15 is 0 Å². The molecule has 0 aromatic rings. The molecule has 0 saturated heterocycles. The zero-order chi connectivity index (χ0) is 7.98. The highest BCUT2D eigenvalue weighted by Gasteiger charge is 1.98. The third-order valence-electron chi connectivity index (χ3n) is 0.952. The second-order valence-electron chi connectivity index (χ2n) is 2.43. The topological polar surface area (TPSA) is 35.2 Å². The van der Waals surface area contributed by atoms with Crippen LogP contribution in [-0.4, -0.2) is 17.7 Å². The molecular weight excluding hydrogens is 146 g/mol. The summed E-state index contributed by atoms with van der Waals surface area (Å²) in [5, 5.41) is 0.681. The van der Waals surface area contributed by atoms with Gasteiger partial charge in [0.15, 0.2) is 5.05 Å². The van der Waals surface area contributed by atoms with Crippen molar-refractivity contribution >= 4 is 17.3 Å². The molecule has 0 spiro atoms. The summed E-state index contributed by atoms with van der Waals surface area (Å²) in [5.74, 6) is 0. The summed E-state index contributed by atoms with van der Waals surface area (Å²) >= 11 is 4.92. The monoisotopic (exact) mass is 161 g/mol. The summed E-state index contributed by atoms with van der Waals surface area (Å²) in [4.78, 5) is 0. The molecule has 0 atom stereocenters. The maximum Gasteiger partial charge on any atom is 0.160 e. The quantitative estimate of drug-likeness (QED) is 0.634. The van der Waals surface area contributed by atoms with Crippen molar-refractivity contribution in [1.29, 1.82) is 0 Å². The molecule has 10 heavy (non-hydrogen) atoms. The standard InChI is InChI=1S/C7H15NOS/c1-6(2)9-7(10)4-3-5-8/h6H,3-5,8H2,1-2H3. The molecule has 0 aromatic carbocycles. The molecule has 0 rings (SSSR count). The molecule has 0 bridgehead atoms. The number of ether oxygens (including phenoxy) is 1. The Morgan fingerprint density at radius 3 is 2.60 bits per heavy atom. The summed E-state index contributed by atoms with van der Waals surface area (Å²) in [6.45, 7) is 4.62. The van der Waals surface area contributed by atoms with Gasteiger partial charge in [0.25, 0.3) is 0 Å². The lowest BCUT2D eigenvalue weighted by atomic mass is 10.3. The van der Waals surface area contributed by atoms with Crippen molar-refractivity contribution in [2.75, 3.05) is 6.54 Å². The third kappa shape index (κ3) is 5.98. The fraction of sp³-hybridized carbons (Fsp3) is 0.857. The van der Waals surface area contributed by atoms with Gasteiger partial charge in [0.2, 0.25) is 0 Å². The van der Waals surface area contributed by atoms with Crippen LogP contribution < -0.4 is 5.73 Å². The number of rotatable bonds is 4. The van der Waals surface area contributed by atoms with E-state index in [1.165, 1.54) is 0 Å². The maximum absolute atomic E-state index is 5.29. The molecule has 0 fully saturated rings. The summed E-state index contributed by atoms with van der Waals surface area (Å²) in [6, 6.07) is 0. The van der Waals surface area contributed by atoms with Gasteiger partial charge in [-0.15, -0.1) is 0 Å². The van der Waals surface area contributed by atoms with E-state index in [9.17, 15) is 0 Å². The molecule has 60 valence electrons. The molecule has 0 aliphatic heterocycles. The molecule has 0 amide bonds. The van der Waals surface area contributed by atoms with Crippen LogP contribution in [0.4, 0.5) is 0 Å². The van der Waals surface area contributed by atoms with Crippen molar-refractivity contribution in [2.24, 2.45) is 5.73 Å². The van der Waals surface area contributed by atoms with Crippen molar-refractivity contribution in [3.8, 4) is 0 Å². The van der Waals surface area contributed by atoms with Gasteiger partial charge < -0.3 is 10.5 Å². The van der Waals surface area contributed by atoms with Crippen molar-refractivity contribution in [1.82, 2.24) is 0 Å². The second-order valence-corrected chi connectivity index (χ2v) is 2.89. The average molecular weight is 161 g/mol. The summed E-state index contributed by atoms with van der Waals surface area (Å²) in [7, 11) is 0. The smallest absolute Gasteiger partial charge is 0.160 e. The van der Waals surface area contributed by atoms with Crippen LogP contribution in [0, 0.1) is 0 Å². The van der Waals surface area contributed by atoms with Crippen molar-refractivity contribution in [3.05, 3.63) is 0 Å². The number of hydrogen-bond acceptors (Lipinski definition) is 3. The molecule has 2 N–H and O–H groups in total. The van der Waals surface area contributed by atoms with E-state index in [0.717, 1.165) is 12.8 Å². The largest absolute Gasteiger partial charge is 0.484 e. The number of hydrogen-bond donors (Lipinski definition) is 1. The Labute approximate surface area is 67.7 Å². The first kappa shape index (κ1) is 9.85. The Morgan fingerprint density at radius 1 is 1.60 bits per heavy atom. The highest BCUT2D eigenvalue weighted by atomic mass is 32.1. The SMILES string of the molecule is CC(C)OC(=S)CCCN. The van der Waals surface area contributed by atoms with Crippen LogP contribution in [0.25, 0.3) is 0 Å². The van der Waals surface area contributed by atoms with Gasteiger partial charge in [-0.2, -0.15) is 0 Å². The lowest BCUT2D eigenvalue weighted by Gasteiger charge is -2.09. The molecule has 3 heteroatoms. The fourth-order valence-corrected chi connectivity index (χ4v) is 0.905. The van der Waals surface area contributed by atoms with Gasteiger partial charge in [-0.1, -0.05) is 0 Å². The van der Waals surface area contributed by atoms with E-state index in [1.54, 1.807) is 0 Å². The molecule has 2 nitrogen and oxygen atoms in total. The van der Waals surface area contributed by atoms with Crippen LogP contribution in [-0.2, 0) is 4.74 Å². The minimum atomic E-state index is 0.199. The van der Waals surface area contributed by atoms with Gasteiger partial charge in [0.05, 0.1) is 6.10 Å². The molecular formula is C7H15NOS. The van der Waals surface area contributed by atoms with E-state index in [2.05, 4.69) is 0 Å². The van der Waals surface area contributed by atoms with Crippen LogP contribution in [0.15, 0.2) is 0 Å². The predicted molar refractivity (Wildman–Crippen MR) is 47.1 cm³/mol. The van der Waals surface area contributed by atoms with Gasteiger partial charge in [0, 0.05) is 6.42 Å². The lowest BCUT2D eigenvalue weighted by Crippen LogP contribution is -2.11. The van der Waals surface area contributed by atoms with Crippen molar-refractivity contribution in [2.45, 2.75) is 32.8 Å². The molecule has 0 aromatic heterocycles. The van der Waals surface area contributed by atoms with E-state index in [1.807, 2.05) is 13.8 Å². The van der Waals surface area contributed by atoms with E-state index in [-0.39, 0.29) is 6.10 Å². The van der Waals surface area contributed by atoms with Gasteiger partial charge in [0.1, 0.15) is 0 Å². The predicted octanol–water partition coefficient (Wildman–Crippen LogP) is 1.48. The fourth-order valence-electron chi connectivity index (χ4n) is 0.568. The molecule has 0 saturated carbocycles. The summed E-state index contributed by atoms with van der Waals surface area (Å²) < 4.78 is 5.23. The number of nitrogens with two attached hydrogens (primary N) is 1. The molecule has 0 heterocycles.